The Bertz CT molecular complexity index is 900. The molecule has 8 heteroatoms. The molecule has 1 aliphatic heterocycles. The molecule has 3 heterocycles. The molecule has 7 nitrogen and oxygen atoms in total. The molecule has 3 aromatic rings. The number of carbonyl (C=O) groups is 1. The molecule has 1 fully saturated rings. The quantitative estimate of drug-likeness (QED) is 0.793. The molecular weight excluding hydrogens is 323 g/mol. The number of likely N-dealkylation sites (tertiary alicyclic amines) is 1. The molecule has 1 aromatic carbocycles. The van der Waals surface area contributed by atoms with E-state index >= 15 is 0 Å². The lowest BCUT2D eigenvalue weighted by atomic mass is 10.2. The Morgan fingerprint density at radius 2 is 2.08 bits per heavy atom. The van der Waals surface area contributed by atoms with Crippen molar-refractivity contribution in [1.82, 2.24) is 29.9 Å². The minimum atomic E-state index is -0.303. The fraction of sp³-hybridized carbons (Fsp3) is 0.294. The minimum Gasteiger partial charge on any atom is -0.327 e. The molecule has 0 spiro atoms. The third kappa shape index (κ3) is 2.79. The molecular formula is C17H17FN6O. The van der Waals surface area contributed by atoms with Crippen molar-refractivity contribution in [2.45, 2.75) is 18.9 Å². The highest BCUT2D eigenvalue weighted by Gasteiger charge is 2.34. The van der Waals surface area contributed by atoms with Crippen LogP contribution in [-0.4, -0.2) is 42.3 Å². The van der Waals surface area contributed by atoms with Crippen LogP contribution in [0, 0.1) is 5.82 Å². The summed E-state index contributed by atoms with van der Waals surface area (Å²) in [5, 5.41) is 11.2. The molecule has 25 heavy (non-hydrogen) atoms. The van der Waals surface area contributed by atoms with Gasteiger partial charge in [-0.3, -0.25) is 14.6 Å². The first-order valence-corrected chi connectivity index (χ1v) is 8.10. The number of hydrogen-bond donors (Lipinski definition) is 1. The molecule has 2 aromatic heterocycles. The summed E-state index contributed by atoms with van der Waals surface area (Å²) in [6, 6.07) is 7.58. The molecule has 0 bridgehead atoms. The van der Waals surface area contributed by atoms with Gasteiger partial charge in [-0.2, -0.15) is 10.2 Å². The largest absolute Gasteiger partial charge is 0.327 e. The van der Waals surface area contributed by atoms with Crippen molar-refractivity contribution >= 4 is 5.91 Å². The fourth-order valence-electron chi connectivity index (χ4n) is 3.18. The maximum atomic E-state index is 13.1. The number of rotatable bonds is 3. The van der Waals surface area contributed by atoms with E-state index in [1.807, 2.05) is 0 Å². The first-order chi connectivity index (χ1) is 12.1. The van der Waals surface area contributed by atoms with Gasteiger partial charge in [0, 0.05) is 25.4 Å². The van der Waals surface area contributed by atoms with E-state index in [9.17, 15) is 9.18 Å². The van der Waals surface area contributed by atoms with Gasteiger partial charge in [-0.1, -0.05) is 0 Å². The summed E-state index contributed by atoms with van der Waals surface area (Å²) >= 11 is 0. The van der Waals surface area contributed by atoms with Crippen LogP contribution in [0.25, 0.3) is 11.4 Å². The van der Waals surface area contributed by atoms with Crippen molar-refractivity contribution in [3.63, 3.8) is 0 Å². The highest BCUT2D eigenvalue weighted by atomic mass is 19.1. The normalized spacial score (nSPS) is 17.2. The van der Waals surface area contributed by atoms with Gasteiger partial charge in [0.2, 0.25) is 0 Å². The van der Waals surface area contributed by atoms with Crippen molar-refractivity contribution in [3.8, 4) is 11.4 Å². The number of halogens is 1. The molecule has 128 valence electrons. The average Bonchev–Trinajstić information content (AvgIpc) is 3.34. The monoisotopic (exact) mass is 340 g/mol. The number of nitrogens with zero attached hydrogens (tertiary/aromatic N) is 5. The van der Waals surface area contributed by atoms with E-state index in [1.165, 1.54) is 12.1 Å². The second kappa shape index (κ2) is 6.12. The second-order valence-corrected chi connectivity index (χ2v) is 6.05. The summed E-state index contributed by atoms with van der Waals surface area (Å²) in [5.41, 5.74) is 1.27. The van der Waals surface area contributed by atoms with Crippen LogP contribution >= 0.6 is 0 Å². The SMILES string of the molecule is Cn1nccc1C(=O)N1CCC[C@H]1c1nc(-c2ccc(F)cc2)n[nH]1. The van der Waals surface area contributed by atoms with Crippen molar-refractivity contribution in [3.05, 3.63) is 53.9 Å². The van der Waals surface area contributed by atoms with Gasteiger partial charge < -0.3 is 4.90 Å². The molecule has 1 atom stereocenters. The number of aromatic amines is 1. The predicted molar refractivity (Wildman–Crippen MR) is 88.0 cm³/mol. The molecule has 0 saturated carbocycles. The molecule has 0 radical (unpaired) electrons. The summed E-state index contributed by atoms with van der Waals surface area (Å²) in [7, 11) is 1.75. The first kappa shape index (κ1) is 15.5. The third-order valence-electron chi connectivity index (χ3n) is 4.47. The molecule has 0 aliphatic carbocycles. The number of aromatic nitrogens is 5. The van der Waals surface area contributed by atoms with Gasteiger partial charge in [0.15, 0.2) is 5.82 Å². The smallest absolute Gasteiger partial charge is 0.272 e. The van der Waals surface area contributed by atoms with E-state index in [2.05, 4.69) is 20.3 Å². The van der Waals surface area contributed by atoms with E-state index in [-0.39, 0.29) is 17.8 Å². The lowest BCUT2D eigenvalue weighted by Gasteiger charge is -2.22. The van der Waals surface area contributed by atoms with Crippen LogP contribution in [-0.2, 0) is 7.05 Å². The number of amides is 1. The number of H-pyrrole nitrogens is 1. The molecule has 1 saturated heterocycles. The average molecular weight is 340 g/mol. The van der Waals surface area contributed by atoms with Gasteiger partial charge >= 0.3 is 0 Å². The Morgan fingerprint density at radius 1 is 1.28 bits per heavy atom. The Morgan fingerprint density at radius 3 is 2.80 bits per heavy atom. The number of hydrogen-bond acceptors (Lipinski definition) is 4. The highest BCUT2D eigenvalue weighted by Crippen LogP contribution is 2.32. The zero-order chi connectivity index (χ0) is 17.4. The number of aryl methyl sites for hydroxylation is 1. The maximum Gasteiger partial charge on any atom is 0.272 e. The van der Waals surface area contributed by atoms with Crippen molar-refractivity contribution < 1.29 is 9.18 Å². The molecule has 1 aliphatic rings. The summed E-state index contributed by atoms with van der Waals surface area (Å²) < 4.78 is 14.6. The van der Waals surface area contributed by atoms with Crippen LogP contribution in [0.2, 0.25) is 0 Å². The summed E-state index contributed by atoms with van der Waals surface area (Å²) in [6.45, 7) is 0.668. The van der Waals surface area contributed by atoms with Crippen LogP contribution in [0.4, 0.5) is 4.39 Å². The van der Waals surface area contributed by atoms with Gasteiger partial charge in [-0.25, -0.2) is 9.37 Å². The van der Waals surface area contributed by atoms with Crippen LogP contribution in [0.5, 0.6) is 0 Å². The predicted octanol–water partition coefficient (Wildman–Crippen LogP) is 2.32. The molecule has 0 unspecified atom stereocenters. The standard InChI is InChI=1S/C17H17FN6O/c1-23-14(8-9-19-23)17(25)24-10-2-3-13(24)16-20-15(21-22-16)11-4-6-12(18)7-5-11/h4-9,13H,2-3,10H2,1H3,(H,20,21,22)/t13-/m0/s1. The lowest BCUT2D eigenvalue weighted by molar-refractivity contribution is 0.0719. The number of carbonyl (C=O) groups excluding carboxylic acids is 1. The van der Waals surface area contributed by atoms with Crippen LogP contribution < -0.4 is 0 Å². The Hall–Kier alpha value is -3.03. The first-order valence-electron chi connectivity index (χ1n) is 8.10. The Kier molecular flexibility index (Phi) is 3.79. The number of nitrogens with one attached hydrogen (secondary N) is 1. The minimum absolute atomic E-state index is 0.0674. The second-order valence-electron chi connectivity index (χ2n) is 6.05. The van der Waals surface area contributed by atoms with Crippen molar-refractivity contribution in [2.24, 2.45) is 7.05 Å². The zero-order valence-corrected chi connectivity index (χ0v) is 13.7. The van der Waals surface area contributed by atoms with E-state index in [1.54, 1.807) is 41.0 Å². The van der Waals surface area contributed by atoms with Crippen LogP contribution in [0.3, 0.4) is 0 Å². The van der Waals surface area contributed by atoms with Gasteiger partial charge in [0.25, 0.3) is 5.91 Å². The van der Waals surface area contributed by atoms with E-state index in [4.69, 9.17) is 0 Å². The zero-order valence-electron chi connectivity index (χ0n) is 13.7. The van der Waals surface area contributed by atoms with Crippen LogP contribution in [0.1, 0.15) is 35.2 Å². The third-order valence-corrected chi connectivity index (χ3v) is 4.47. The molecule has 1 N–H and O–H groups in total. The van der Waals surface area contributed by atoms with Crippen LogP contribution in [0.15, 0.2) is 36.5 Å². The van der Waals surface area contributed by atoms with E-state index in [0.29, 0.717) is 23.9 Å². The Labute approximate surface area is 143 Å². The van der Waals surface area contributed by atoms with Crippen molar-refractivity contribution in [2.75, 3.05) is 6.54 Å². The number of benzene rings is 1. The summed E-state index contributed by atoms with van der Waals surface area (Å²) in [4.78, 5) is 19.1. The summed E-state index contributed by atoms with van der Waals surface area (Å²) in [6.07, 6.45) is 3.34. The van der Waals surface area contributed by atoms with Gasteiger partial charge in [0.1, 0.15) is 17.3 Å². The van der Waals surface area contributed by atoms with Crippen molar-refractivity contribution in [1.29, 1.82) is 0 Å². The summed E-state index contributed by atoms with van der Waals surface area (Å²) in [5.74, 6) is 0.771. The Balaban J connectivity index is 1.60. The topological polar surface area (TPSA) is 79.7 Å². The fourth-order valence-corrected chi connectivity index (χ4v) is 3.18. The molecule has 1 amide bonds. The van der Waals surface area contributed by atoms with Gasteiger partial charge in [-0.15, -0.1) is 0 Å². The van der Waals surface area contributed by atoms with E-state index < -0.39 is 0 Å². The van der Waals surface area contributed by atoms with E-state index in [0.717, 1.165) is 18.4 Å². The van der Waals surface area contributed by atoms with Gasteiger partial charge in [-0.05, 0) is 43.2 Å². The highest BCUT2D eigenvalue weighted by molar-refractivity contribution is 5.93. The van der Waals surface area contributed by atoms with Gasteiger partial charge in [0.05, 0.1) is 6.04 Å². The lowest BCUT2D eigenvalue weighted by Crippen LogP contribution is -2.32. The molecule has 4 rings (SSSR count). The maximum absolute atomic E-state index is 13.1.